The van der Waals surface area contributed by atoms with E-state index < -0.39 is 0 Å². The molecule has 35 heavy (non-hydrogen) atoms. The van der Waals surface area contributed by atoms with Crippen LogP contribution < -0.4 is 9.13 Å². The summed E-state index contributed by atoms with van der Waals surface area (Å²) < 4.78 is 8.75. The minimum atomic E-state index is -0.0322. The summed E-state index contributed by atoms with van der Waals surface area (Å²) in [4.78, 5) is 0. The quantitative estimate of drug-likeness (QED) is 0.305. The Labute approximate surface area is 204 Å². The molecule has 0 fully saturated rings. The topological polar surface area (TPSA) is 17.6 Å². The first-order chi connectivity index (χ1) is 16.9. The van der Waals surface area contributed by atoms with Crippen LogP contribution in [0.5, 0.6) is 0 Å². The van der Waals surface area contributed by atoms with Crippen molar-refractivity contribution in [2.75, 3.05) is 0 Å². The summed E-state index contributed by atoms with van der Waals surface area (Å²) in [6, 6.07) is 25.0. The van der Waals surface area contributed by atoms with Crippen LogP contribution in [0.3, 0.4) is 0 Å². The largest absolute Gasteiger partial charge is 0.309 e. The van der Waals surface area contributed by atoms with Gasteiger partial charge in [0.2, 0.25) is 6.33 Å². The van der Waals surface area contributed by atoms with E-state index >= 15 is 0 Å². The number of hydrogen-bond acceptors (Lipinski definition) is 0. The Hall–Kier alpha value is -4.18. The summed E-state index contributed by atoms with van der Waals surface area (Å²) in [5.74, 6) is 0. The van der Waals surface area contributed by atoms with Crippen molar-refractivity contribution in [1.82, 2.24) is 9.13 Å². The van der Waals surface area contributed by atoms with E-state index in [0.717, 1.165) is 5.69 Å². The molecule has 0 spiro atoms. The second-order valence-electron chi connectivity index (χ2n) is 10.3. The Morgan fingerprint density at radius 3 is 2.20 bits per heavy atom. The normalized spacial score (nSPS) is 13.9. The fourth-order valence-corrected chi connectivity index (χ4v) is 5.89. The predicted octanol–water partition coefficient (Wildman–Crippen LogP) is 5.53. The first-order valence-corrected chi connectivity index (χ1v) is 12.1. The molecule has 0 unspecified atom stereocenters. The van der Waals surface area contributed by atoms with Crippen LogP contribution in [0.1, 0.15) is 25.0 Å². The lowest BCUT2D eigenvalue weighted by molar-refractivity contribution is -0.671. The highest BCUT2D eigenvalue weighted by molar-refractivity contribution is 6.12. The lowest BCUT2D eigenvalue weighted by Gasteiger charge is -2.21. The van der Waals surface area contributed by atoms with Crippen molar-refractivity contribution in [3.05, 3.63) is 109 Å². The molecule has 0 atom stereocenters. The number of hydrogen-bond donors (Lipinski definition) is 0. The number of benzene rings is 3. The van der Waals surface area contributed by atoms with Crippen LogP contribution in [0, 0.1) is 0 Å². The molecule has 1 aliphatic carbocycles. The monoisotopic (exact) mass is 456 g/mol. The Balaban J connectivity index is 1.60. The molecule has 0 aliphatic heterocycles. The van der Waals surface area contributed by atoms with Crippen molar-refractivity contribution >= 4 is 21.8 Å². The molecule has 0 radical (unpaired) electrons. The lowest BCUT2D eigenvalue weighted by Crippen LogP contribution is -2.26. The number of aryl methyl sites for hydroxylation is 2. The SMILES string of the molecule is C[n+]1ccc(-n2c3ccc(-n4cc[n+](C)c4)cc3c3cc4c(cc32)C(C)(C)c2ccccc2-4)cc1. The molecule has 0 saturated carbocycles. The summed E-state index contributed by atoms with van der Waals surface area (Å²) in [6.45, 7) is 4.70. The first-order valence-electron chi connectivity index (χ1n) is 12.1. The van der Waals surface area contributed by atoms with E-state index in [0.29, 0.717) is 0 Å². The third-order valence-corrected chi connectivity index (χ3v) is 7.74. The zero-order valence-electron chi connectivity index (χ0n) is 20.5. The fourth-order valence-electron chi connectivity index (χ4n) is 5.89. The fraction of sp³-hybridized carbons (Fsp3) is 0.161. The van der Waals surface area contributed by atoms with Gasteiger partial charge < -0.3 is 4.57 Å². The van der Waals surface area contributed by atoms with Gasteiger partial charge in [0.15, 0.2) is 12.4 Å². The summed E-state index contributed by atoms with van der Waals surface area (Å²) in [5, 5.41) is 2.56. The molecule has 3 aromatic heterocycles. The van der Waals surface area contributed by atoms with E-state index in [1.54, 1.807) is 0 Å². The van der Waals surface area contributed by atoms with E-state index in [9.17, 15) is 0 Å². The molecule has 0 saturated heterocycles. The number of imidazole rings is 1. The minimum Gasteiger partial charge on any atom is -0.309 e. The standard InChI is InChI=1S/C31H28N4/c1-31(2)27-8-6-5-7-23(27)24-18-26-25-17-22(34-16-15-33(4)20-34)9-10-29(25)35(30(26)19-28(24)31)21-11-13-32(3)14-12-21/h5-20H,1-4H3/q+2. The molecule has 0 N–H and O–H groups in total. The smallest absolute Gasteiger partial charge is 0.248 e. The molecule has 3 aromatic carbocycles. The van der Waals surface area contributed by atoms with Crippen molar-refractivity contribution in [3.63, 3.8) is 0 Å². The maximum absolute atomic E-state index is 2.44. The van der Waals surface area contributed by atoms with E-state index in [1.807, 2.05) is 0 Å². The van der Waals surface area contributed by atoms with Gasteiger partial charge in [0.1, 0.15) is 25.1 Å². The maximum atomic E-state index is 2.44. The molecule has 7 rings (SSSR count). The molecule has 3 heterocycles. The van der Waals surface area contributed by atoms with Crippen molar-refractivity contribution in [1.29, 1.82) is 0 Å². The highest BCUT2D eigenvalue weighted by Gasteiger charge is 2.36. The first kappa shape index (κ1) is 20.2. The second kappa shape index (κ2) is 6.92. The number of nitrogens with zero attached hydrogens (tertiary/aromatic N) is 4. The number of rotatable bonds is 2. The van der Waals surface area contributed by atoms with Gasteiger partial charge in [-0.25, -0.2) is 13.7 Å². The van der Waals surface area contributed by atoms with Gasteiger partial charge in [-0.15, -0.1) is 0 Å². The average molecular weight is 457 g/mol. The molecule has 1 aliphatic rings. The maximum Gasteiger partial charge on any atom is 0.248 e. The summed E-state index contributed by atoms with van der Waals surface area (Å²) in [7, 11) is 4.12. The number of fused-ring (bicyclic) bond motifs is 6. The van der Waals surface area contributed by atoms with Crippen molar-refractivity contribution in [3.8, 4) is 22.5 Å². The van der Waals surface area contributed by atoms with Crippen LogP contribution in [0.25, 0.3) is 44.3 Å². The van der Waals surface area contributed by atoms with E-state index in [1.165, 1.54) is 49.7 Å². The van der Waals surface area contributed by atoms with Crippen LogP contribution in [-0.2, 0) is 19.5 Å². The third kappa shape index (κ3) is 2.80. The van der Waals surface area contributed by atoms with Crippen molar-refractivity contribution in [2.24, 2.45) is 14.1 Å². The Kier molecular flexibility index (Phi) is 4.00. The van der Waals surface area contributed by atoms with Gasteiger partial charge in [-0.05, 0) is 52.6 Å². The van der Waals surface area contributed by atoms with Gasteiger partial charge in [-0.1, -0.05) is 38.1 Å². The third-order valence-electron chi connectivity index (χ3n) is 7.74. The average Bonchev–Trinajstić information content (AvgIpc) is 3.50. The summed E-state index contributed by atoms with van der Waals surface area (Å²) >= 11 is 0. The van der Waals surface area contributed by atoms with Gasteiger partial charge in [-0.3, -0.25) is 0 Å². The molecule has 4 heteroatoms. The zero-order chi connectivity index (χ0) is 23.9. The molecule has 4 nitrogen and oxygen atoms in total. The van der Waals surface area contributed by atoms with Crippen molar-refractivity contribution < 1.29 is 9.13 Å². The summed E-state index contributed by atoms with van der Waals surface area (Å²) in [5.41, 5.74) is 10.3. The van der Waals surface area contributed by atoms with Crippen molar-refractivity contribution in [2.45, 2.75) is 19.3 Å². The molecular formula is C31H28N4+2. The van der Waals surface area contributed by atoms with Gasteiger partial charge in [-0.2, -0.15) is 0 Å². The molecular weight excluding hydrogens is 428 g/mol. The predicted molar refractivity (Wildman–Crippen MR) is 140 cm³/mol. The van der Waals surface area contributed by atoms with Gasteiger partial charge in [0, 0.05) is 28.3 Å². The molecule has 6 aromatic rings. The van der Waals surface area contributed by atoms with Gasteiger partial charge >= 0.3 is 0 Å². The van der Waals surface area contributed by atoms with Crippen LogP contribution in [-0.4, -0.2) is 9.13 Å². The minimum absolute atomic E-state index is 0.0322. The van der Waals surface area contributed by atoms with Crippen LogP contribution in [0.4, 0.5) is 0 Å². The molecule has 170 valence electrons. The number of aromatic nitrogens is 4. The second-order valence-corrected chi connectivity index (χ2v) is 10.3. The van der Waals surface area contributed by atoms with E-state index in [2.05, 4.69) is 144 Å². The Bertz CT molecular complexity index is 1780. The lowest BCUT2D eigenvalue weighted by atomic mass is 9.82. The highest BCUT2D eigenvalue weighted by Crippen LogP contribution is 2.50. The Morgan fingerprint density at radius 1 is 0.657 bits per heavy atom. The van der Waals surface area contributed by atoms with Gasteiger partial charge in [0.05, 0.1) is 23.8 Å². The zero-order valence-corrected chi connectivity index (χ0v) is 20.5. The van der Waals surface area contributed by atoms with Gasteiger partial charge in [0.25, 0.3) is 0 Å². The molecule has 0 bridgehead atoms. The number of pyridine rings is 1. The Morgan fingerprint density at radius 2 is 1.43 bits per heavy atom. The highest BCUT2D eigenvalue weighted by atomic mass is 15.1. The molecule has 0 amide bonds. The van der Waals surface area contributed by atoms with E-state index in [4.69, 9.17) is 0 Å². The van der Waals surface area contributed by atoms with Crippen LogP contribution >= 0.6 is 0 Å². The van der Waals surface area contributed by atoms with Crippen LogP contribution in [0.2, 0.25) is 0 Å². The van der Waals surface area contributed by atoms with E-state index in [-0.39, 0.29) is 5.41 Å². The summed E-state index contributed by atoms with van der Waals surface area (Å²) in [6.07, 6.45) is 10.5. The van der Waals surface area contributed by atoms with Crippen LogP contribution in [0.15, 0.2) is 97.8 Å².